The van der Waals surface area contributed by atoms with E-state index in [1.807, 2.05) is 13.8 Å². The van der Waals surface area contributed by atoms with Gasteiger partial charge in [0.05, 0.1) is 0 Å². The second-order valence-corrected chi connectivity index (χ2v) is 13.1. The Morgan fingerprint density at radius 2 is 0.960 bits per heavy atom. The lowest BCUT2D eigenvalue weighted by Crippen LogP contribution is -2.47. The predicted octanol–water partition coefficient (Wildman–Crippen LogP) is 2.74. The third-order valence-corrected chi connectivity index (χ3v) is 11.2. The lowest BCUT2D eigenvalue weighted by atomic mass is 10.0. The molecule has 0 aromatic heterocycles. The average molecular weight is 403 g/mol. The van der Waals surface area contributed by atoms with Crippen molar-refractivity contribution in [2.24, 2.45) is 0 Å². The van der Waals surface area contributed by atoms with Gasteiger partial charge in [0.2, 0.25) is 5.85 Å². The van der Waals surface area contributed by atoms with Crippen molar-refractivity contribution in [2.45, 2.75) is 56.5 Å². The van der Waals surface area contributed by atoms with Crippen LogP contribution < -0.4 is 0 Å². The zero-order valence-electron chi connectivity index (χ0n) is 16.8. The summed E-state index contributed by atoms with van der Waals surface area (Å²) < 4.78 is 46.9. The molecule has 0 aromatic carbocycles. The molecule has 2 unspecified atom stereocenters. The van der Waals surface area contributed by atoms with E-state index in [0.717, 1.165) is 0 Å². The topological polar surface area (TPSA) is 75.6 Å². The summed E-state index contributed by atoms with van der Waals surface area (Å²) in [6, 6.07) is 0. The molecule has 0 heterocycles. The summed E-state index contributed by atoms with van der Waals surface area (Å²) in [4.78, 5) is 0. The van der Waals surface area contributed by atoms with Crippen LogP contribution in [0.4, 0.5) is 4.39 Å². The fourth-order valence-corrected chi connectivity index (χ4v) is 7.47. The van der Waals surface area contributed by atoms with E-state index in [-0.39, 0.29) is 23.9 Å². The average Bonchev–Trinajstić information content (AvgIpc) is 2.62. The van der Waals surface area contributed by atoms with Crippen LogP contribution in [0.2, 0.25) is 11.1 Å². The van der Waals surface area contributed by atoms with E-state index in [2.05, 4.69) is 0 Å². The van der Waals surface area contributed by atoms with Crippen LogP contribution in [0, 0.1) is 0 Å². The molecule has 7 nitrogen and oxygen atoms in total. The van der Waals surface area contributed by atoms with Gasteiger partial charge in [-0.15, -0.1) is 0 Å². The van der Waals surface area contributed by atoms with Gasteiger partial charge in [0.25, 0.3) is 0 Å². The first-order valence-corrected chi connectivity index (χ1v) is 11.9. The summed E-state index contributed by atoms with van der Waals surface area (Å²) in [6.45, 7) is 3.75. The lowest BCUT2D eigenvalue weighted by Gasteiger charge is -2.33. The van der Waals surface area contributed by atoms with Crippen molar-refractivity contribution < 1.29 is 36.1 Å². The molecule has 1 N–H and O–H groups in total. The molecular formula is C15H35FO7Si2. The summed E-state index contributed by atoms with van der Waals surface area (Å²) in [6.07, 6.45) is 0.690. The Morgan fingerprint density at radius 1 is 0.720 bits per heavy atom. The predicted molar refractivity (Wildman–Crippen MR) is 96.9 cm³/mol. The van der Waals surface area contributed by atoms with E-state index in [4.69, 9.17) is 26.6 Å². The number of hydrogen-bond acceptors (Lipinski definition) is 7. The summed E-state index contributed by atoms with van der Waals surface area (Å²) in [5.41, 5.74) is -0.282. The Hall–Kier alpha value is 0.0838. The van der Waals surface area contributed by atoms with Crippen LogP contribution in [-0.2, 0) is 26.6 Å². The number of halogens is 1. The van der Waals surface area contributed by atoms with Crippen LogP contribution in [0.1, 0.15) is 39.5 Å². The smallest absolute Gasteiger partial charge is 0.377 e. The molecule has 0 aliphatic carbocycles. The van der Waals surface area contributed by atoms with Gasteiger partial charge in [0.15, 0.2) is 0 Å². The van der Waals surface area contributed by atoms with Crippen molar-refractivity contribution in [3.63, 3.8) is 0 Å². The molecule has 10 heteroatoms. The summed E-state index contributed by atoms with van der Waals surface area (Å²) in [5.74, 6) is -2.30. The minimum absolute atomic E-state index is 0.0345. The molecule has 0 saturated heterocycles. The van der Waals surface area contributed by atoms with Crippen LogP contribution in [0.3, 0.4) is 0 Å². The molecule has 152 valence electrons. The molecule has 25 heavy (non-hydrogen) atoms. The normalized spacial score (nSPS) is 18.0. The Bertz CT molecular complexity index is 317. The van der Waals surface area contributed by atoms with Crippen LogP contribution in [0.15, 0.2) is 0 Å². The maximum atomic E-state index is 14.6. The van der Waals surface area contributed by atoms with Crippen LogP contribution in [-0.4, -0.2) is 71.2 Å². The molecule has 0 radical (unpaired) electrons. The van der Waals surface area contributed by atoms with Crippen LogP contribution >= 0.6 is 0 Å². The first kappa shape index (κ1) is 25.1. The molecule has 2 atom stereocenters. The van der Waals surface area contributed by atoms with Gasteiger partial charge in [0.1, 0.15) is 0 Å². The van der Waals surface area contributed by atoms with E-state index < -0.39 is 23.5 Å². The summed E-state index contributed by atoms with van der Waals surface area (Å²) in [7, 11) is 3.42. The molecule has 0 aliphatic heterocycles. The van der Waals surface area contributed by atoms with Crippen molar-refractivity contribution in [3.8, 4) is 0 Å². The zero-order valence-corrected chi connectivity index (χ0v) is 18.8. The maximum Gasteiger partial charge on any atom is 0.503 e. The highest BCUT2D eigenvalue weighted by atomic mass is 28.4. The third kappa shape index (κ3) is 6.63. The standard InChI is InChI=1S/C15H35FO7Si2/c1-13(24(18-3,19-4)20-5)9-11-15(16,17)12-10-14(2)25(21-6,22-7)23-8/h13-14,17H,9-12H2,1-8H3. The van der Waals surface area contributed by atoms with Gasteiger partial charge in [-0.25, -0.2) is 4.39 Å². The SMILES string of the molecule is CO[Si](OC)(OC)C(C)CCC(O)(F)CCC(C)[Si](OC)(OC)OC. The fourth-order valence-electron chi connectivity index (χ4n) is 3.06. The van der Waals surface area contributed by atoms with Gasteiger partial charge in [0, 0.05) is 66.6 Å². The fraction of sp³-hybridized carbons (Fsp3) is 1.00. The largest absolute Gasteiger partial charge is 0.503 e. The highest BCUT2D eigenvalue weighted by molar-refractivity contribution is 6.62. The lowest BCUT2D eigenvalue weighted by molar-refractivity contribution is -0.104. The highest BCUT2D eigenvalue weighted by Crippen LogP contribution is 2.35. The number of aliphatic hydroxyl groups is 1. The quantitative estimate of drug-likeness (QED) is 0.448. The minimum Gasteiger partial charge on any atom is -0.377 e. The van der Waals surface area contributed by atoms with Crippen LogP contribution in [0.5, 0.6) is 0 Å². The molecular weight excluding hydrogens is 367 g/mol. The van der Waals surface area contributed by atoms with E-state index >= 15 is 0 Å². The molecule has 0 rings (SSSR count). The maximum absolute atomic E-state index is 14.6. The molecule has 0 fully saturated rings. The van der Waals surface area contributed by atoms with E-state index in [1.165, 1.54) is 42.7 Å². The zero-order chi connectivity index (χ0) is 19.7. The van der Waals surface area contributed by atoms with Crippen molar-refractivity contribution >= 4 is 17.6 Å². The molecule has 0 aromatic rings. The van der Waals surface area contributed by atoms with Gasteiger partial charge in [-0.2, -0.15) is 0 Å². The van der Waals surface area contributed by atoms with E-state index in [1.54, 1.807) is 0 Å². The van der Waals surface area contributed by atoms with Gasteiger partial charge in [-0.1, -0.05) is 13.8 Å². The monoisotopic (exact) mass is 402 g/mol. The Balaban J connectivity index is 4.69. The van der Waals surface area contributed by atoms with E-state index in [9.17, 15) is 9.50 Å². The van der Waals surface area contributed by atoms with Gasteiger partial charge < -0.3 is 31.7 Å². The van der Waals surface area contributed by atoms with E-state index in [0.29, 0.717) is 12.8 Å². The van der Waals surface area contributed by atoms with Crippen molar-refractivity contribution in [1.82, 2.24) is 0 Å². The molecule has 0 amide bonds. The Labute approximate surface area is 153 Å². The number of alkyl halides is 1. The van der Waals surface area contributed by atoms with Gasteiger partial charge in [-0.3, -0.25) is 0 Å². The second-order valence-electron chi connectivity index (χ2n) is 6.23. The third-order valence-electron chi connectivity index (χ3n) is 4.84. The Morgan fingerprint density at radius 3 is 1.16 bits per heavy atom. The second kappa shape index (κ2) is 11.0. The first-order valence-electron chi connectivity index (χ1n) is 8.34. The number of rotatable bonds is 14. The Kier molecular flexibility index (Phi) is 11.1. The number of hydrogen-bond donors (Lipinski definition) is 1. The molecule has 0 saturated carbocycles. The molecule has 0 aliphatic rings. The van der Waals surface area contributed by atoms with Gasteiger partial charge >= 0.3 is 17.6 Å². The summed E-state index contributed by atoms with van der Waals surface area (Å²) in [5, 5.41) is 10.1. The highest BCUT2D eigenvalue weighted by Gasteiger charge is 2.47. The van der Waals surface area contributed by atoms with Crippen molar-refractivity contribution in [1.29, 1.82) is 0 Å². The van der Waals surface area contributed by atoms with Gasteiger partial charge in [-0.05, 0) is 12.8 Å². The first-order chi connectivity index (χ1) is 11.6. The minimum atomic E-state index is -2.84. The molecule has 0 spiro atoms. The van der Waals surface area contributed by atoms with Crippen LogP contribution in [0.25, 0.3) is 0 Å². The summed E-state index contributed by atoms with van der Waals surface area (Å²) >= 11 is 0. The van der Waals surface area contributed by atoms with Crippen molar-refractivity contribution in [3.05, 3.63) is 0 Å². The molecule has 0 bridgehead atoms. The van der Waals surface area contributed by atoms with Crippen molar-refractivity contribution in [2.75, 3.05) is 42.7 Å².